The Morgan fingerprint density at radius 2 is 2.09 bits per heavy atom. The van der Waals surface area contributed by atoms with E-state index in [1.54, 1.807) is 11.3 Å². The van der Waals surface area contributed by atoms with Gasteiger partial charge in [-0.05, 0) is 23.8 Å². The molecule has 0 bridgehead atoms. The number of pyridine rings is 1. The van der Waals surface area contributed by atoms with Crippen LogP contribution in [-0.2, 0) is 7.05 Å². The standard InChI is InChI=1S/C18H16N3S/c1-20-9-8-15-17(12-20)22-18(19-15)11-13-7-10-21(2)16-6-4-3-5-14(13)16/h3-12H,1-2H3/q+1. The number of hydrogen-bond donors (Lipinski definition) is 0. The summed E-state index contributed by atoms with van der Waals surface area (Å²) in [7, 11) is 4.11. The Hall–Kier alpha value is -2.46. The largest absolute Gasteiger partial charge is 0.351 e. The van der Waals surface area contributed by atoms with E-state index in [-0.39, 0.29) is 0 Å². The number of hydrogen-bond acceptors (Lipinski definition) is 3. The topological polar surface area (TPSA) is 20.0 Å². The third-order valence-electron chi connectivity index (χ3n) is 3.84. The maximum absolute atomic E-state index is 4.72. The van der Waals surface area contributed by atoms with E-state index in [0.717, 1.165) is 10.5 Å². The van der Waals surface area contributed by atoms with Gasteiger partial charge in [-0.1, -0.05) is 18.2 Å². The van der Waals surface area contributed by atoms with E-state index < -0.39 is 0 Å². The van der Waals surface area contributed by atoms with Gasteiger partial charge >= 0.3 is 0 Å². The molecule has 22 heavy (non-hydrogen) atoms. The average molecular weight is 306 g/mol. The molecular formula is C18H16N3S+. The summed E-state index contributed by atoms with van der Waals surface area (Å²) in [5.74, 6) is 0. The third kappa shape index (κ3) is 2.22. The van der Waals surface area contributed by atoms with Crippen LogP contribution in [0.15, 0.2) is 55.0 Å². The first-order valence-electron chi connectivity index (χ1n) is 7.19. The molecule has 0 atom stereocenters. The maximum atomic E-state index is 4.72. The summed E-state index contributed by atoms with van der Waals surface area (Å²) in [6.07, 6.45) is 10.6. The van der Waals surface area contributed by atoms with Gasteiger partial charge in [0, 0.05) is 30.6 Å². The lowest BCUT2D eigenvalue weighted by atomic mass is 10.0. The molecule has 0 saturated heterocycles. The minimum atomic E-state index is 1.04. The summed E-state index contributed by atoms with van der Waals surface area (Å²) >= 11 is 1.72. The molecule has 0 fully saturated rings. The van der Waals surface area contributed by atoms with Crippen LogP contribution in [0.25, 0.3) is 21.9 Å². The molecule has 0 N–H and O–H groups in total. The quantitative estimate of drug-likeness (QED) is 0.640. The Morgan fingerprint density at radius 3 is 3.00 bits per heavy atom. The van der Waals surface area contributed by atoms with Gasteiger partial charge in [-0.2, -0.15) is 0 Å². The lowest BCUT2D eigenvalue weighted by molar-refractivity contribution is -0.670. The SMILES string of the molecule is CN1C=C/C(=C\c2nc3cc[n+](C)cc3s2)c2ccccc21. The van der Waals surface area contributed by atoms with Gasteiger partial charge in [0.15, 0.2) is 12.4 Å². The number of aryl methyl sites for hydroxylation is 1. The number of fused-ring (bicyclic) bond motifs is 2. The molecule has 3 heterocycles. The van der Waals surface area contributed by atoms with Crippen LogP contribution in [-0.4, -0.2) is 12.0 Å². The Kier molecular flexibility index (Phi) is 3.05. The van der Waals surface area contributed by atoms with E-state index in [1.807, 2.05) is 13.2 Å². The summed E-state index contributed by atoms with van der Waals surface area (Å²) in [4.78, 5) is 6.87. The van der Waals surface area contributed by atoms with Crippen LogP contribution in [0.3, 0.4) is 0 Å². The van der Waals surface area contributed by atoms with Crippen LogP contribution in [0.1, 0.15) is 10.6 Å². The monoisotopic (exact) mass is 306 g/mol. The summed E-state index contributed by atoms with van der Waals surface area (Å²) in [5, 5.41) is 1.04. The second-order valence-electron chi connectivity index (χ2n) is 5.46. The van der Waals surface area contributed by atoms with Crippen LogP contribution < -0.4 is 9.47 Å². The molecule has 1 aliphatic rings. The maximum Gasteiger partial charge on any atom is 0.188 e. The van der Waals surface area contributed by atoms with E-state index in [1.165, 1.54) is 21.5 Å². The van der Waals surface area contributed by atoms with Crippen molar-refractivity contribution in [3.05, 3.63) is 65.6 Å². The number of benzene rings is 1. The van der Waals surface area contributed by atoms with Crippen molar-refractivity contribution in [2.75, 3.05) is 11.9 Å². The van der Waals surface area contributed by atoms with Crippen molar-refractivity contribution in [2.24, 2.45) is 7.05 Å². The second kappa shape index (κ2) is 5.07. The minimum absolute atomic E-state index is 1.04. The highest BCUT2D eigenvalue weighted by molar-refractivity contribution is 7.19. The van der Waals surface area contributed by atoms with Gasteiger partial charge in [-0.15, -0.1) is 11.3 Å². The van der Waals surface area contributed by atoms with Crippen molar-refractivity contribution in [2.45, 2.75) is 0 Å². The fourth-order valence-electron chi connectivity index (χ4n) is 2.70. The summed E-state index contributed by atoms with van der Waals surface area (Å²) < 4.78 is 3.27. The zero-order valence-corrected chi connectivity index (χ0v) is 13.3. The normalized spacial score (nSPS) is 15.5. The molecule has 108 valence electrons. The molecule has 0 aliphatic carbocycles. The highest BCUT2D eigenvalue weighted by atomic mass is 32.1. The van der Waals surface area contributed by atoms with E-state index in [4.69, 9.17) is 4.98 Å². The highest BCUT2D eigenvalue weighted by Crippen LogP contribution is 2.34. The Morgan fingerprint density at radius 1 is 1.23 bits per heavy atom. The first-order valence-corrected chi connectivity index (χ1v) is 8.00. The number of allylic oxidation sites excluding steroid dienone is 2. The lowest BCUT2D eigenvalue weighted by Crippen LogP contribution is -2.25. The molecular weight excluding hydrogens is 290 g/mol. The number of rotatable bonds is 1. The Bertz CT molecular complexity index is 921. The number of anilines is 1. The van der Waals surface area contributed by atoms with Crippen molar-refractivity contribution in [1.29, 1.82) is 0 Å². The molecule has 1 aliphatic heterocycles. The molecule has 2 aromatic heterocycles. The van der Waals surface area contributed by atoms with Gasteiger partial charge in [-0.25, -0.2) is 9.55 Å². The second-order valence-corrected chi connectivity index (χ2v) is 6.52. The molecule has 0 radical (unpaired) electrons. The Labute approximate surface area is 133 Å². The highest BCUT2D eigenvalue weighted by Gasteiger charge is 2.14. The average Bonchev–Trinajstić information content (AvgIpc) is 2.92. The van der Waals surface area contributed by atoms with Crippen molar-refractivity contribution < 1.29 is 4.57 Å². The van der Waals surface area contributed by atoms with E-state index >= 15 is 0 Å². The molecule has 0 saturated carbocycles. The van der Waals surface area contributed by atoms with Gasteiger partial charge in [0.1, 0.15) is 16.8 Å². The van der Waals surface area contributed by atoms with Crippen LogP contribution in [0.5, 0.6) is 0 Å². The molecule has 4 rings (SSSR count). The van der Waals surface area contributed by atoms with Gasteiger partial charge < -0.3 is 4.90 Å². The smallest absolute Gasteiger partial charge is 0.188 e. The van der Waals surface area contributed by atoms with Crippen LogP contribution >= 0.6 is 11.3 Å². The number of aromatic nitrogens is 2. The number of thiazole rings is 1. The van der Waals surface area contributed by atoms with Gasteiger partial charge in [0.25, 0.3) is 0 Å². The summed E-state index contributed by atoms with van der Waals surface area (Å²) in [6, 6.07) is 10.5. The molecule has 4 heteroatoms. The Balaban J connectivity index is 1.83. The van der Waals surface area contributed by atoms with Gasteiger partial charge in [0.05, 0.1) is 5.52 Å². The molecule has 0 unspecified atom stereocenters. The van der Waals surface area contributed by atoms with E-state index in [9.17, 15) is 0 Å². The molecule has 3 nitrogen and oxygen atoms in total. The predicted octanol–water partition coefficient (Wildman–Crippen LogP) is 3.62. The third-order valence-corrected chi connectivity index (χ3v) is 4.79. The van der Waals surface area contributed by atoms with Gasteiger partial charge in [-0.3, -0.25) is 0 Å². The van der Waals surface area contributed by atoms with E-state index in [2.05, 4.69) is 71.4 Å². The molecule has 3 aromatic rings. The molecule has 0 amide bonds. The fourth-order valence-corrected chi connectivity index (χ4v) is 3.69. The first-order chi connectivity index (χ1) is 10.7. The molecule has 1 aromatic carbocycles. The van der Waals surface area contributed by atoms with Crippen molar-refractivity contribution in [1.82, 2.24) is 4.98 Å². The zero-order valence-electron chi connectivity index (χ0n) is 12.5. The van der Waals surface area contributed by atoms with Gasteiger partial charge in [0.2, 0.25) is 0 Å². The lowest BCUT2D eigenvalue weighted by Gasteiger charge is -2.23. The fraction of sp³-hybridized carbons (Fsp3) is 0.111. The summed E-state index contributed by atoms with van der Waals surface area (Å²) in [5.41, 5.74) is 4.73. The van der Waals surface area contributed by atoms with E-state index in [0.29, 0.717) is 0 Å². The molecule has 0 spiro atoms. The zero-order chi connectivity index (χ0) is 15.1. The number of nitrogens with zero attached hydrogens (tertiary/aromatic N) is 3. The number of para-hydroxylation sites is 1. The van der Waals surface area contributed by atoms with Crippen molar-refractivity contribution in [3.8, 4) is 0 Å². The summed E-state index contributed by atoms with van der Waals surface area (Å²) in [6.45, 7) is 0. The van der Waals surface area contributed by atoms with Crippen LogP contribution in [0.4, 0.5) is 5.69 Å². The van der Waals surface area contributed by atoms with Crippen molar-refractivity contribution >= 4 is 38.9 Å². The van der Waals surface area contributed by atoms with Crippen molar-refractivity contribution in [3.63, 3.8) is 0 Å². The van der Waals surface area contributed by atoms with Crippen LogP contribution in [0.2, 0.25) is 0 Å². The first kappa shape index (κ1) is 13.2. The predicted molar refractivity (Wildman–Crippen MR) is 92.7 cm³/mol. The minimum Gasteiger partial charge on any atom is -0.351 e. The van der Waals surface area contributed by atoms with Crippen LogP contribution in [0, 0.1) is 0 Å².